The molecule has 5 aliphatic heterocycles. The largest absolute Gasteiger partial charge is 0.494 e. The maximum absolute atomic E-state index is 15.4. The average molecular weight is 2270 g/mol. The summed E-state index contributed by atoms with van der Waals surface area (Å²) in [4.78, 5) is 101. The van der Waals surface area contributed by atoms with Gasteiger partial charge in [0.15, 0.2) is 71.9 Å². The fourth-order valence-electron chi connectivity index (χ4n) is 13.3. The molecule has 52 heteroatoms. The Kier molecular flexibility index (Phi) is 37.1. The van der Waals surface area contributed by atoms with E-state index in [0.29, 0.717) is 4.90 Å². The second-order valence-corrected chi connectivity index (χ2v) is 39.9. The minimum absolute atomic E-state index is 0.0212. The number of ether oxygens (including phenoxy) is 9. The van der Waals surface area contributed by atoms with E-state index in [0.717, 1.165) is 132 Å². The minimum atomic E-state index is -4.04. The van der Waals surface area contributed by atoms with Crippen molar-refractivity contribution < 1.29 is 141 Å². The monoisotopic (exact) mass is 2270 g/mol. The van der Waals surface area contributed by atoms with Gasteiger partial charge in [0.25, 0.3) is 17.9 Å². The van der Waals surface area contributed by atoms with E-state index in [1.807, 2.05) is 27.7 Å². The number of amidine groups is 4. The average Bonchev–Trinajstić information content (AvgIpc) is 0.800. The molecule has 8 aromatic rings. The molecule has 9 heterocycles. The van der Waals surface area contributed by atoms with Crippen molar-refractivity contribution in [3.8, 4) is 18.2 Å². The van der Waals surface area contributed by atoms with Crippen molar-refractivity contribution in [2.24, 2.45) is 31.4 Å². The molecule has 0 aliphatic carbocycles. The molecule has 13 rings (SSSR count). The van der Waals surface area contributed by atoms with Gasteiger partial charge in [0.05, 0.1) is 54.6 Å². The Bertz CT molecular complexity index is 6630. The van der Waals surface area contributed by atoms with Crippen molar-refractivity contribution in [1.82, 2.24) is 49.7 Å². The smallest absolute Gasteiger partial charge is 0.463 e. The van der Waals surface area contributed by atoms with Gasteiger partial charge in [-0.2, -0.15) is 40.0 Å². The number of halogens is 19. The normalized spacial score (nSPS) is 20.6. The summed E-state index contributed by atoms with van der Waals surface area (Å²) in [6.45, 7) is 31.8. The van der Waals surface area contributed by atoms with Crippen LogP contribution in [0.1, 0.15) is 200 Å². The third-order valence-electron chi connectivity index (χ3n) is 21.8. The number of alkyl halides is 8. The number of carbonyl (C=O) groups is 4. The maximum Gasteiger partial charge on any atom is 0.494 e. The Morgan fingerprint density at radius 1 is 0.473 bits per heavy atom. The number of aromatic nitrogens is 8. The topological polar surface area (TPSA) is 385 Å². The number of benzene rings is 4. The summed E-state index contributed by atoms with van der Waals surface area (Å²) in [6.07, 6.45) is 8.09. The van der Waals surface area contributed by atoms with E-state index in [1.54, 1.807) is 64.1 Å². The van der Waals surface area contributed by atoms with Crippen molar-refractivity contribution >= 4 is 154 Å². The van der Waals surface area contributed by atoms with E-state index in [1.165, 1.54) is 82.4 Å². The van der Waals surface area contributed by atoms with Crippen LogP contribution in [0.2, 0.25) is 10.3 Å². The zero-order valence-electron chi connectivity index (χ0n) is 83.7. The summed E-state index contributed by atoms with van der Waals surface area (Å²) >= 11 is 13.0. The van der Waals surface area contributed by atoms with Crippen LogP contribution in [-0.2, 0) is 69.4 Å². The highest BCUT2D eigenvalue weighted by molar-refractivity contribution is 14.1. The lowest BCUT2D eigenvalue weighted by atomic mass is 9.76. The Balaban J connectivity index is 0.000000216. The van der Waals surface area contributed by atoms with E-state index in [-0.39, 0.29) is 78.4 Å². The zero-order chi connectivity index (χ0) is 112. The molecule has 0 radical (unpaired) electrons. The predicted molar refractivity (Wildman–Crippen MR) is 530 cm³/mol. The molecule has 0 saturated carbocycles. The van der Waals surface area contributed by atoms with Crippen molar-refractivity contribution in [3.63, 3.8) is 0 Å². The van der Waals surface area contributed by atoms with Gasteiger partial charge in [-0.25, -0.2) is 104 Å². The summed E-state index contributed by atoms with van der Waals surface area (Å²) in [5, 5.41) is 0.113. The Labute approximate surface area is 874 Å². The molecular weight excluding hydrogens is 2170 g/mol. The third kappa shape index (κ3) is 29.3. The molecule has 0 unspecified atom stereocenters. The van der Waals surface area contributed by atoms with Crippen molar-refractivity contribution in [2.45, 2.75) is 218 Å². The zero-order valence-corrected chi connectivity index (χ0v) is 87.4. The standard InChI is InChI=1S/C27H38BF3N2O7.C27H29ClF4N4O5.C20H16F4N4O2.C17H13ClF4N4O.C7H3FIN3/c1-22(2,3)37-20(34)33(21(35)38-23(4,5)6)19-15-36-27(30,31)26(11,32-19)17-14-16(12-13-18(17)29)28-39-24(7,8)25(9,10)40-28;1-24(2,3)40-22(37)36(23(38)41-25(4,5)6)21-35-26(7,27(31,32)14-39-21)16-10-15(8-9-17(16)29)11-18(30)19-12-34-20(28)13-33-19;1-3-6-29-17-10-26-16(9-27-17)15(22)8-12-4-5-14(21)13(7-12)19(2)20(23,24)11-30-18(25)28-19;1-16(17(21,22)8-27-15(23)26-16)10-4-9(2-3-11(10)19)5-12(20)13-6-25-14(18)7-24-13;1-10-7-4-11-6(3-12-7)5(8)2-9/h12-14H,15H2,1-11H3;8-13H,14H2,1-7H3;1,4-5,7-10H,6,11H2,2H3,(H2,25,28);2-7H,8H2,1H3,(H2,23,26);2-4H/b;18-11-;15-8-;12-5-;5-2-/t2*26-;19-;16-;/m1111./s1. The van der Waals surface area contributed by atoms with Crippen LogP contribution in [0.25, 0.3) is 46.4 Å². The van der Waals surface area contributed by atoms with Crippen molar-refractivity contribution in [3.05, 3.63) is 233 Å². The molecule has 150 heavy (non-hydrogen) atoms. The van der Waals surface area contributed by atoms with Gasteiger partial charge in [0.1, 0.15) is 97.4 Å². The molecule has 802 valence electrons. The van der Waals surface area contributed by atoms with E-state index in [2.05, 4.69) is 80.1 Å². The van der Waals surface area contributed by atoms with Gasteiger partial charge in [-0.05, 0) is 244 Å². The number of terminal acetylenes is 1. The van der Waals surface area contributed by atoms with Gasteiger partial charge in [-0.15, -0.1) is 16.3 Å². The fraction of sp³-hybridized carbons (Fsp3) is 0.398. The number of hydrogen-bond acceptors (Lipinski definition) is 29. The summed E-state index contributed by atoms with van der Waals surface area (Å²) < 4.78 is 294. The molecule has 32 nitrogen and oxygen atoms in total. The first-order valence-electron chi connectivity index (χ1n) is 44.3. The first-order chi connectivity index (χ1) is 69.2. The van der Waals surface area contributed by atoms with Crippen LogP contribution in [0.15, 0.2) is 146 Å². The summed E-state index contributed by atoms with van der Waals surface area (Å²) in [5.74, 6) is -15.9. The van der Waals surface area contributed by atoms with E-state index in [4.69, 9.17) is 90.1 Å². The number of hydrogen-bond donors (Lipinski definition) is 2. The van der Waals surface area contributed by atoms with Gasteiger partial charge < -0.3 is 68.3 Å². The SMILES string of the molecule is C#CCOc1cnc(/C(F)=C/c2ccc(F)c([C@@]3(C)N=C(N)OCC3(F)F)c2)cn1.CC(C)(C)OC(=O)N(C(=O)OC(C)(C)C)C1=N[C@](C)(c2cc(/C=C(\F)c3cnc(Cl)cn3)ccc2F)C(F)(F)CO1.CC(C)(C)OC(=O)N(C(=O)OC(C)(C)C)C1=N[C@](C)(c2cc(B3OC(C)(C)C(C)(C)O3)ccc2F)C(F)(F)OC1.C[C@]1(c2cc(/C=C(\F)c3cnc(Cl)cn3)ccc2F)N=C(N)OCC1(F)F.[C-]#[N+]c1cnc(/C(F)=C/I)cn1. The van der Waals surface area contributed by atoms with Gasteiger partial charge in [0, 0.05) is 26.3 Å². The molecule has 5 aliphatic rings. The first kappa shape index (κ1) is 120. The molecule has 1 fully saturated rings. The number of nitrogens with zero attached hydrogens (tertiary/aromatic N) is 15. The molecule has 4 amide bonds. The highest BCUT2D eigenvalue weighted by atomic mass is 127. The van der Waals surface area contributed by atoms with Crippen LogP contribution in [-0.4, -0.2) is 196 Å². The number of rotatable bonds is 14. The molecule has 4 aromatic heterocycles. The summed E-state index contributed by atoms with van der Waals surface area (Å²) in [5.41, 5.74) is -6.99. The predicted octanol–water partition coefficient (Wildman–Crippen LogP) is 22.6. The van der Waals surface area contributed by atoms with Crippen molar-refractivity contribution in [2.75, 3.05) is 33.0 Å². The van der Waals surface area contributed by atoms with Gasteiger partial charge in [0.2, 0.25) is 5.88 Å². The van der Waals surface area contributed by atoms with E-state index >= 15 is 26.3 Å². The lowest BCUT2D eigenvalue weighted by Crippen LogP contribution is -2.56. The van der Waals surface area contributed by atoms with Crippen LogP contribution in [0, 0.1) is 42.2 Å². The highest BCUT2D eigenvalue weighted by Crippen LogP contribution is 2.51. The van der Waals surface area contributed by atoms with E-state index < -0.39 is 230 Å². The van der Waals surface area contributed by atoms with Gasteiger partial charge in [-0.1, -0.05) is 66.0 Å². The second-order valence-electron chi connectivity index (χ2n) is 38.5. The molecule has 4 N–H and O–H groups in total. The summed E-state index contributed by atoms with van der Waals surface area (Å²) in [7, 11) is -0.977. The van der Waals surface area contributed by atoms with Crippen LogP contribution in [0.5, 0.6) is 5.88 Å². The Morgan fingerprint density at radius 2 is 0.820 bits per heavy atom. The molecule has 1 saturated heterocycles. The van der Waals surface area contributed by atoms with Crippen molar-refractivity contribution in [1.29, 1.82) is 0 Å². The second kappa shape index (κ2) is 46.4. The minimum Gasteiger partial charge on any atom is -0.463 e. The third-order valence-corrected chi connectivity index (χ3v) is 22.8. The van der Waals surface area contributed by atoms with Crippen LogP contribution in [0.4, 0.5) is 95.2 Å². The number of imide groups is 2. The Hall–Kier alpha value is -13.7. The van der Waals surface area contributed by atoms with Crippen LogP contribution in [0.3, 0.4) is 0 Å². The Morgan fingerprint density at radius 3 is 1.17 bits per heavy atom. The lowest BCUT2D eigenvalue weighted by molar-refractivity contribution is -0.278. The lowest BCUT2D eigenvalue weighted by Gasteiger charge is -2.40. The number of amides is 4. The quantitative estimate of drug-likeness (QED) is 0.0255. The number of carbonyl (C=O) groups excluding carboxylic acids is 4. The molecule has 0 bridgehead atoms. The molecular formula is C98H99BCl2F16IN17O15. The molecule has 4 atom stereocenters. The van der Waals surface area contributed by atoms with Crippen LogP contribution < -0.4 is 21.7 Å². The summed E-state index contributed by atoms with van der Waals surface area (Å²) in [6, 6.07) is 11.1. The number of nitrogens with two attached hydrogens (primary N) is 2. The highest BCUT2D eigenvalue weighted by Gasteiger charge is 2.63. The van der Waals surface area contributed by atoms with Gasteiger partial charge in [-0.3, -0.25) is 4.98 Å². The van der Waals surface area contributed by atoms with E-state index in [9.17, 15) is 63.1 Å². The van der Waals surface area contributed by atoms with Crippen LogP contribution >= 0.6 is 45.8 Å². The maximum atomic E-state index is 15.4. The number of aliphatic imine (C=N–C) groups is 4. The fourth-order valence-corrected chi connectivity index (χ4v) is 13.8. The molecule has 0 spiro atoms. The molecule has 4 aromatic carbocycles. The first-order valence-corrected chi connectivity index (χ1v) is 46.3. The van der Waals surface area contributed by atoms with Gasteiger partial charge >= 0.3 is 61.4 Å².